The van der Waals surface area contributed by atoms with E-state index in [0.717, 1.165) is 11.1 Å². The molecule has 0 spiro atoms. The summed E-state index contributed by atoms with van der Waals surface area (Å²) < 4.78 is 0. The van der Waals surface area contributed by atoms with Crippen LogP contribution in [0.1, 0.15) is 16.7 Å². The molecule has 0 unspecified atom stereocenters. The second-order valence-electron chi connectivity index (χ2n) is 4.00. The summed E-state index contributed by atoms with van der Waals surface area (Å²) >= 11 is 0. The molecule has 2 aromatic rings. The van der Waals surface area contributed by atoms with Gasteiger partial charge in [-0.2, -0.15) is 0 Å². The molecule has 1 N–H and O–H groups in total. The van der Waals surface area contributed by atoms with Crippen molar-refractivity contribution in [2.45, 2.75) is 20.5 Å². The lowest BCUT2D eigenvalue weighted by molar-refractivity contribution is 0.282. The molecule has 0 saturated carbocycles. The van der Waals surface area contributed by atoms with Gasteiger partial charge >= 0.3 is 0 Å². The van der Waals surface area contributed by atoms with E-state index in [2.05, 4.69) is 18.8 Å². The minimum atomic E-state index is 0.0904. The number of benzene rings is 1. The standard InChI is InChI=1S/C14H15NO/c1-10-5-6-15-8-14(10)13-4-3-12(9-16)7-11(13)2/h3-8,16H,9H2,1-2H3. The fraction of sp³-hybridized carbons (Fsp3) is 0.214. The largest absolute Gasteiger partial charge is 0.392 e. The lowest BCUT2D eigenvalue weighted by Gasteiger charge is -2.09. The number of aliphatic hydroxyl groups is 1. The summed E-state index contributed by atoms with van der Waals surface area (Å²) in [7, 11) is 0. The second-order valence-corrected chi connectivity index (χ2v) is 4.00. The Labute approximate surface area is 95.6 Å². The Morgan fingerprint density at radius 3 is 2.50 bits per heavy atom. The summed E-state index contributed by atoms with van der Waals surface area (Å²) in [6.45, 7) is 4.23. The van der Waals surface area contributed by atoms with E-state index in [1.165, 1.54) is 16.7 Å². The zero-order valence-electron chi connectivity index (χ0n) is 9.57. The van der Waals surface area contributed by atoms with Crippen molar-refractivity contribution in [2.75, 3.05) is 0 Å². The topological polar surface area (TPSA) is 33.1 Å². The molecule has 2 heteroatoms. The fourth-order valence-corrected chi connectivity index (χ4v) is 1.87. The van der Waals surface area contributed by atoms with Gasteiger partial charge in [-0.3, -0.25) is 4.98 Å². The van der Waals surface area contributed by atoms with E-state index < -0.39 is 0 Å². The number of rotatable bonds is 2. The molecule has 16 heavy (non-hydrogen) atoms. The molecule has 0 bridgehead atoms. The smallest absolute Gasteiger partial charge is 0.0681 e. The van der Waals surface area contributed by atoms with E-state index in [9.17, 15) is 0 Å². The molecule has 0 radical (unpaired) electrons. The molecule has 0 aliphatic heterocycles. The zero-order chi connectivity index (χ0) is 11.5. The molecular formula is C14H15NO. The molecule has 0 saturated heterocycles. The highest BCUT2D eigenvalue weighted by Crippen LogP contribution is 2.26. The van der Waals surface area contributed by atoms with E-state index in [0.29, 0.717) is 0 Å². The van der Waals surface area contributed by atoms with Gasteiger partial charge in [0.15, 0.2) is 0 Å². The molecule has 0 amide bonds. The van der Waals surface area contributed by atoms with Crippen LogP contribution < -0.4 is 0 Å². The van der Waals surface area contributed by atoms with Gasteiger partial charge in [0.1, 0.15) is 0 Å². The maximum Gasteiger partial charge on any atom is 0.0681 e. The van der Waals surface area contributed by atoms with Crippen LogP contribution in [0.5, 0.6) is 0 Å². The molecule has 0 fully saturated rings. The third-order valence-corrected chi connectivity index (χ3v) is 2.80. The van der Waals surface area contributed by atoms with Crippen LogP contribution in [0.2, 0.25) is 0 Å². The summed E-state index contributed by atoms with van der Waals surface area (Å²) in [5.74, 6) is 0. The van der Waals surface area contributed by atoms with Gasteiger partial charge in [0.05, 0.1) is 6.61 Å². The van der Waals surface area contributed by atoms with Crippen LogP contribution in [0.15, 0.2) is 36.7 Å². The van der Waals surface area contributed by atoms with Gasteiger partial charge < -0.3 is 5.11 Å². The van der Waals surface area contributed by atoms with Crippen molar-refractivity contribution in [1.82, 2.24) is 4.98 Å². The second kappa shape index (κ2) is 4.45. The summed E-state index contributed by atoms with van der Waals surface area (Å²) in [4.78, 5) is 4.16. The molecule has 1 aromatic heterocycles. The average Bonchev–Trinajstić information content (AvgIpc) is 2.30. The molecule has 82 valence electrons. The number of hydrogen-bond donors (Lipinski definition) is 1. The lowest BCUT2D eigenvalue weighted by Crippen LogP contribution is -1.90. The molecule has 1 heterocycles. The van der Waals surface area contributed by atoms with Gasteiger partial charge in [-0.15, -0.1) is 0 Å². The summed E-state index contributed by atoms with van der Waals surface area (Å²) in [5.41, 5.74) is 5.67. The van der Waals surface area contributed by atoms with Crippen LogP contribution in [0, 0.1) is 13.8 Å². The Balaban J connectivity index is 2.53. The number of nitrogens with zero attached hydrogens (tertiary/aromatic N) is 1. The molecule has 1 aromatic carbocycles. The number of pyridine rings is 1. The van der Waals surface area contributed by atoms with Crippen LogP contribution >= 0.6 is 0 Å². The van der Waals surface area contributed by atoms with Crippen LogP contribution in [-0.2, 0) is 6.61 Å². The predicted molar refractivity (Wildman–Crippen MR) is 65.1 cm³/mol. The SMILES string of the molecule is Cc1cc(CO)ccc1-c1cnccc1C. The van der Waals surface area contributed by atoms with Crippen molar-refractivity contribution in [3.63, 3.8) is 0 Å². The van der Waals surface area contributed by atoms with Gasteiger partial charge in [0.25, 0.3) is 0 Å². The normalized spacial score (nSPS) is 10.4. The first kappa shape index (κ1) is 10.8. The molecule has 2 nitrogen and oxygen atoms in total. The molecule has 0 aliphatic rings. The van der Waals surface area contributed by atoms with Crippen LogP contribution in [-0.4, -0.2) is 10.1 Å². The summed E-state index contributed by atoms with van der Waals surface area (Å²) in [5, 5.41) is 9.07. The van der Waals surface area contributed by atoms with Crippen molar-refractivity contribution in [2.24, 2.45) is 0 Å². The quantitative estimate of drug-likeness (QED) is 0.832. The molecular weight excluding hydrogens is 198 g/mol. The highest BCUT2D eigenvalue weighted by molar-refractivity contribution is 5.69. The van der Waals surface area contributed by atoms with E-state index >= 15 is 0 Å². The minimum Gasteiger partial charge on any atom is -0.392 e. The van der Waals surface area contributed by atoms with Gasteiger partial charge in [-0.05, 0) is 42.2 Å². The zero-order valence-corrected chi connectivity index (χ0v) is 9.57. The Morgan fingerprint density at radius 2 is 1.88 bits per heavy atom. The Bertz CT molecular complexity index is 506. The predicted octanol–water partition coefficient (Wildman–Crippen LogP) is 2.86. The van der Waals surface area contributed by atoms with Crippen molar-refractivity contribution in [3.8, 4) is 11.1 Å². The first-order valence-electron chi connectivity index (χ1n) is 5.33. The summed E-state index contributed by atoms with van der Waals surface area (Å²) in [6.07, 6.45) is 3.69. The van der Waals surface area contributed by atoms with E-state index in [1.807, 2.05) is 30.5 Å². The third kappa shape index (κ3) is 1.97. The van der Waals surface area contributed by atoms with Crippen LogP contribution in [0.4, 0.5) is 0 Å². The van der Waals surface area contributed by atoms with E-state index in [-0.39, 0.29) is 6.61 Å². The maximum absolute atomic E-state index is 9.07. The molecule has 0 aliphatic carbocycles. The molecule has 2 rings (SSSR count). The van der Waals surface area contributed by atoms with Crippen LogP contribution in [0.25, 0.3) is 11.1 Å². The fourth-order valence-electron chi connectivity index (χ4n) is 1.87. The van der Waals surface area contributed by atoms with Crippen LogP contribution in [0.3, 0.4) is 0 Å². The number of hydrogen-bond acceptors (Lipinski definition) is 2. The molecule has 0 atom stereocenters. The Kier molecular flexibility index (Phi) is 3.02. The van der Waals surface area contributed by atoms with Gasteiger partial charge in [-0.1, -0.05) is 18.2 Å². The number of aliphatic hydroxyl groups excluding tert-OH is 1. The maximum atomic E-state index is 9.07. The van der Waals surface area contributed by atoms with Gasteiger partial charge in [0, 0.05) is 18.0 Å². The van der Waals surface area contributed by atoms with Crippen molar-refractivity contribution >= 4 is 0 Å². The van der Waals surface area contributed by atoms with Gasteiger partial charge in [0.2, 0.25) is 0 Å². The first-order valence-corrected chi connectivity index (χ1v) is 5.33. The Hall–Kier alpha value is -1.67. The van der Waals surface area contributed by atoms with Crippen molar-refractivity contribution < 1.29 is 5.11 Å². The third-order valence-electron chi connectivity index (χ3n) is 2.80. The van der Waals surface area contributed by atoms with E-state index in [4.69, 9.17) is 5.11 Å². The highest BCUT2D eigenvalue weighted by Gasteiger charge is 2.05. The number of aromatic nitrogens is 1. The highest BCUT2D eigenvalue weighted by atomic mass is 16.3. The summed E-state index contributed by atoms with van der Waals surface area (Å²) in [6, 6.07) is 8.02. The van der Waals surface area contributed by atoms with E-state index in [1.54, 1.807) is 6.20 Å². The van der Waals surface area contributed by atoms with Crippen molar-refractivity contribution in [3.05, 3.63) is 53.3 Å². The Morgan fingerprint density at radius 1 is 1.06 bits per heavy atom. The average molecular weight is 213 g/mol. The minimum absolute atomic E-state index is 0.0904. The lowest BCUT2D eigenvalue weighted by atomic mass is 9.97. The monoisotopic (exact) mass is 213 g/mol. The van der Waals surface area contributed by atoms with Gasteiger partial charge in [-0.25, -0.2) is 0 Å². The first-order chi connectivity index (χ1) is 7.72. The number of aryl methyl sites for hydroxylation is 2. The van der Waals surface area contributed by atoms with Crippen molar-refractivity contribution in [1.29, 1.82) is 0 Å².